The Morgan fingerprint density at radius 2 is 1.54 bits per heavy atom. The maximum absolute atomic E-state index is 13.8. The molecule has 0 radical (unpaired) electrons. The number of carbonyl (C=O) groups excluding carboxylic acids is 2. The van der Waals surface area contributed by atoms with Crippen molar-refractivity contribution in [1.82, 2.24) is 10.2 Å². The summed E-state index contributed by atoms with van der Waals surface area (Å²) in [5.41, 5.74) is 2.29. The van der Waals surface area contributed by atoms with E-state index in [9.17, 15) is 9.59 Å². The molecule has 1 atom stereocenters. The van der Waals surface area contributed by atoms with Gasteiger partial charge in [0.25, 0.3) is 5.91 Å². The zero-order chi connectivity index (χ0) is 27.0. The Bertz CT molecular complexity index is 1190. The number of halogens is 1. The van der Waals surface area contributed by atoms with Crippen molar-refractivity contribution < 1.29 is 14.3 Å². The fourth-order valence-corrected chi connectivity index (χ4v) is 4.32. The summed E-state index contributed by atoms with van der Waals surface area (Å²) >= 11 is 6.48. The van der Waals surface area contributed by atoms with Gasteiger partial charge < -0.3 is 15.0 Å². The van der Waals surface area contributed by atoms with Crippen molar-refractivity contribution in [2.24, 2.45) is 0 Å². The highest BCUT2D eigenvalue weighted by Crippen LogP contribution is 2.26. The van der Waals surface area contributed by atoms with Gasteiger partial charge in [0, 0.05) is 23.5 Å². The Labute approximate surface area is 225 Å². The number of hydrogen-bond acceptors (Lipinski definition) is 3. The number of para-hydroxylation sites is 1. The Hall–Kier alpha value is -3.31. The van der Waals surface area contributed by atoms with Gasteiger partial charge in [0.15, 0.2) is 6.61 Å². The molecular formula is C31H37ClN2O3. The first-order valence-electron chi connectivity index (χ1n) is 12.7. The normalized spacial score (nSPS) is 12.2. The van der Waals surface area contributed by atoms with Crippen LogP contribution in [-0.4, -0.2) is 34.9 Å². The standard InChI is InChI=1S/C31H37ClN2O3/c1-22(2)25-16-10-12-18-28(25)37-21-29(35)34(20-24-15-9-11-17-26(24)32)27(30(36)33-31(3,4)5)19-23-13-7-6-8-14-23/h6-18,22,27H,19-21H2,1-5H3,(H,33,36)/t27-/m1/s1. The van der Waals surface area contributed by atoms with Gasteiger partial charge in [-0.3, -0.25) is 9.59 Å². The van der Waals surface area contributed by atoms with Crippen LogP contribution in [0.4, 0.5) is 0 Å². The highest BCUT2D eigenvalue weighted by molar-refractivity contribution is 6.31. The fourth-order valence-electron chi connectivity index (χ4n) is 4.13. The first kappa shape index (κ1) is 28.3. The first-order valence-corrected chi connectivity index (χ1v) is 13.0. The molecule has 0 unspecified atom stereocenters. The summed E-state index contributed by atoms with van der Waals surface area (Å²) in [7, 11) is 0. The van der Waals surface area contributed by atoms with Gasteiger partial charge in [-0.2, -0.15) is 0 Å². The van der Waals surface area contributed by atoms with Crippen LogP contribution in [0.15, 0.2) is 78.9 Å². The Morgan fingerprint density at radius 3 is 2.19 bits per heavy atom. The van der Waals surface area contributed by atoms with E-state index in [1.54, 1.807) is 11.0 Å². The maximum Gasteiger partial charge on any atom is 0.261 e. The van der Waals surface area contributed by atoms with Gasteiger partial charge in [0.05, 0.1) is 0 Å². The molecule has 0 aliphatic heterocycles. The molecule has 0 aromatic heterocycles. The van der Waals surface area contributed by atoms with Crippen LogP contribution in [0.5, 0.6) is 5.75 Å². The topological polar surface area (TPSA) is 58.6 Å². The molecule has 0 fully saturated rings. The van der Waals surface area contributed by atoms with Crippen LogP contribution in [0.3, 0.4) is 0 Å². The second-order valence-electron chi connectivity index (χ2n) is 10.5. The third-order valence-corrected chi connectivity index (χ3v) is 6.33. The molecule has 0 saturated heterocycles. The number of rotatable bonds is 10. The third kappa shape index (κ3) is 8.36. The van der Waals surface area contributed by atoms with Crippen LogP contribution in [0.2, 0.25) is 5.02 Å². The van der Waals surface area contributed by atoms with Crippen molar-refractivity contribution in [3.63, 3.8) is 0 Å². The summed E-state index contributed by atoms with van der Waals surface area (Å²) in [4.78, 5) is 29.0. The SMILES string of the molecule is CC(C)c1ccccc1OCC(=O)N(Cc1ccccc1Cl)[C@H](Cc1ccccc1)C(=O)NC(C)(C)C. The summed E-state index contributed by atoms with van der Waals surface area (Å²) in [5, 5.41) is 3.61. The molecule has 0 spiro atoms. The molecule has 0 aliphatic carbocycles. The molecule has 196 valence electrons. The fraction of sp³-hybridized carbons (Fsp3) is 0.355. The number of amides is 2. The molecule has 0 bridgehead atoms. The summed E-state index contributed by atoms with van der Waals surface area (Å²) in [6.45, 7) is 9.94. The number of nitrogens with one attached hydrogen (secondary N) is 1. The van der Waals surface area contributed by atoms with Crippen LogP contribution < -0.4 is 10.1 Å². The lowest BCUT2D eigenvalue weighted by atomic mass is 10.0. The molecule has 0 heterocycles. The first-order chi connectivity index (χ1) is 17.5. The minimum absolute atomic E-state index is 0.183. The summed E-state index contributed by atoms with van der Waals surface area (Å²) in [6, 6.07) is 24.1. The summed E-state index contributed by atoms with van der Waals surface area (Å²) < 4.78 is 6.03. The monoisotopic (exact) mass is 520 g/mol. The molecule has 0 saturated carbocycles. The maximum atomic E-state index is 13.8. The minimum atomic E-state index is -0.755. The lowest BCUT2D eigenvalue weighted by Crippen LogP contribution is -2.55. The number of ether oxygens (including phenoxy) is 1. The van der Waals surface area contributed by atoms with Crippen molar-refractivity contribution in [2.45, 2.75) is 65.1 Å². The van der Waals surface area contributed by atoms with Crippen LogP contribution in [0.1, 0.15) is 57.2 Å². The quantitative estimate of drug-likeness (QED) is 0.336. The van der Waals surface area contributed by atoms with Crippen molar-refractivity contribution in [2.75, 3.05) is 6.61 Å². The van der Waals surface area contributed by atoms with Crippen molar-refractivity contribution in [3.05, 3.63) is 101 Å². The van der Waals surface area contributed by atoms with Crippen molar-refractivity contribution >= 4 is 23.4 Å². The molecule has 3 aromatic rings. The van der Waals surface area contributed by atoms with Gasteiger partial charge in [-0.05, 0) is 55.5 Å². The van der Waals surface area contributed by atoms with Crippen molar-refractivity contribution in [1.29, 1.82) is 0 Å². The van der Waals surface area contributed by atoms with Crippen LogP contribution in [0.25, 0.3) is 0 Å². The molecule has 5 nitrogen and oxygen atoms in total. The molecule has 37 heavy (non-hydrogen) atoms. The zero-order valence-corrected chi connectivity index (χ0v) is 23.1. The zero-order valence-electron chi connectivity index (χ0n) is 22.3. The predicted octanol–water partition coefficient (Wildman–Crippen LogP) is 6.40. The average Bonchev–Trinajstić information content (AvgIpc) is 2.85. The van der Waals surface area contributed by atoms with E-state index in [4.69, 9.17) is 16.3 Å². The predicted molar refractivity (Wildman–Crippen MR) is 150 cm³/mol. The van der Waals surface area contributed by atoms with Crippen LogP contribution >= 0.6 is 11.6 Å². The van der Waals surface area contributed by atoms with E-state index in [0.29, 0.717) is 17.2 Å². The largest absolute Gasteiger partial charge is 0.483 e. The lowest BCUT2D eigenvalue weighted by Gasteiger charge is -2.34. The van der Waals surface area contributed by atoms with E-state index >= 15 is 0 Å². The smallest absolute Gasteiger partial charge is 0.261 e. The van der Waals surface area contributed by atoms with E-state index in [1.165, 1.54) is 0 Å². The lowest BCUT2D eigenvalue weighted by molar-refractivity contribution is -0.143. The van der Waals surface area contributed by atoms with Gasteiger partial charge in [-0.15, -0.1) is 0 Å². The highest BCUT2D eigenvalue weighted by Gasteiger charge is 2.33. The van der Waals surface area contributed by atoms with Crippen LogP contribution in [-0.2, 0) is 22.6 Å². The molecule has 1 N–H and O–H groups in total. The average molecular weight is 521 g/mol. The summed E-state index contributed by atoms with van der Waals surface area (Å²) in [5.74, 6) is 0.402. The molecule has 6 heteroatoms. The third-order valence-electron chi connectivity index (χ3n) is 5.96. The Balaban J connectivity index is 1.96. The second kappa shape index (κ2) is 12.8. The van der Waals surface area contributed by atoms with Gasteiger partial charge in [0.1, 0.15) is 11.8 Å². The van der Waals surface area contributed by atoms with Gasteiger partial charge >= 0.3 is 0 Å². The minimum Gasteiger partial charge on any atom is -0.483 e. The van der Waals surface area contributed by atoms with E-state index in [2.05, 4.69) is 19.2 Å². The molecule has 2 amide bonds. The van der Waals surface area contributed by atoms with Gasteiger partial charge in [0.2, 0.25) is 5.91 Å². The van der Waals surface area contributed by atoms with E-state index in [0.717, 1.165) is 16.7 Å². The number of hydrogen-bond donors (Lipinski definition) is 1. The van der Waals surface area contributed by atoms with Crippen molar-refractivity contribution in [3.8, 4) is 5.75 Å². The van der Waals surface area contributed by atoms with E-state index < -0.39 is 11.6 Å². The second-order valence-corrected chi connectivity index (χ2v) is 10.9. The number of nitrogens with zero attached hydrogens (tertiary/aromatic N) is 1. The number of carbonyl (C=O) groups is 2. The van der Waals surface area contributed by atoms with E-state index in [-0.39, 0.29) is 30.9 Å². The molecule has 3 aromatic carbocycles. The summed E-state index contributed by atoms with van der Waals surface area (Å²) in [6.07, 6.45) is 0.363. The van der Waals surface area contributed by atoms with E-state index in [1.807, 2.05) is 93.6 Å². The Morgan fingerprint density at radius 1 is 0.919 bits per heavy atom. The molecule has 3 rings (SSSR count). The number of benzene rings is 3. The van der Waals surface area contributed by atoms with Crippen LogP contribution in [0, 0.1) is 0 Å². The van der Waals surface area contributed by atoms with Gasteiger partial charge in [-0.1, -0.05) is 92.2 Å². The van der Waals surface area contributed by atoms with Gasteiger partial charge in [-0.25, -0.2) is 0 Å². The molecule has 0 aliphatic rings. The Kier molecular flexibility index (Phi) is 9.76. The highest BCUT2D eigenvalue weighted by atomic mass is 35.5. The molecular weight excluding hydrogens is 484 g/mol.